The van der Waals surface area contributed by atoms with E-state index < -0.39 is 32.3 Å². The van der Waals surface area contributed by atoms with Crippen LogP contribution in [-0.2, 0) is 10.0 Å². The van der Waals surface area contributed by atoms with Gasteiger partial charge in [-0.2, -0.15) is 4.39 Å². The van der Waals surface area contributed by atoms with Crippen LogP contribution in [-0.4, -0.2) is 45.6 Å². The van der Waals surface area contributed by atoms with Crippen LogP contribution < -0.4 is 15.2 Å². The van der Waals surface area contributed by atoms with Gasteiger partial charge in [0.2, 0.25) is 15.8 Å². The number of halogens is 2. The van der Waals surface area contributed by atoms with Crippen molar-refractivity contribution >= 4 is 16.1 Å². The van der Waals surface area contributed by atoms with E-state index in [9.17, 15) is 22.0 Å². The van der Waals surface area contributed by atoms with Gasteiger partial charge in [0.05, 0.1) is 6.54 Å². The molecule has 1 heterocycles. The Morgan fingerprint density at radius 1 is 1.33 bits per heavy atom. The molecule has 7 nitrogen and oxygen atoms in total. The molecule has 1 aromatic carbocycles. The van der Waals surface area contributed by atoms with Crippen LogP contribution in [0.2, 0.25) is 0 Å². The van der Waals surface area contributed by atoms with Gasteiger partial charge in [0.25, 0.3) is 0 Å². The number of nitrogens with two attached hydrogens (primary N) is 1. The number of carbonyl (C=O) groups is 1. The smallest absolute Gasteiger partial charge is 0.317 e. The zero-order valence-electron chi connectivity index (χ0n) is 10.8. The van der Waals surface area contributed by atoms with Crippen molar-refractivity contribution in [3.05, 3.63) is 23.8 Å². The molecular weight excluding hydrogens is 308 g/mol. The maximum Gasteiger partial charge on any atom is 0.317 e. The number of nitrogens with one attached hydrogen (secondary N) is 1. The molecule has 1 saturated heterocycles. The van der Waals surface area contributed by atoms with E-state index in [1.54, 1.807) is 0 Å². The first-order valence-electron chi connectivity index (χ1n) is 5.97. The van der Waals surface area contributed by atoms with E-state index in [0.29, 0.717) is 13.1 Å². The Kier molecular flexibility index (Phi) is 4.28. The van der Waals surface area contributed by atoms with Gasteiger partial charge in [-0.3, -0.25) is 0 Å². The van der Waals surface area contributed by atoms with Crippen LogP contribution in [0.4, 0.5) is 13.6 Å². The van der Waals surface area contributed by atoms with Crippen molar-refractivity contribution in [1.29, 1.82) is 0 Å². The SMILES string of the molecule is NS(=O)(=O)c1ccc(OCCN2CCNC2=O)c(F)c1F. The number of urea groups is 1. The van der Waals surface area contributed by atoms with Gasteiger partial charge >= 0.3 is 6.03 Å². The monoisotopic (exact) mass is 321 g/mol. The summed E-state index contributed by atoms with van der Waals surface area (Å²) in [4.78, 5) is 11.8. The molecule has 1 aromatic rings. The van der Waals surface area contributed by atoms with Gasteiger partial charge in [-0.15, -0.1) is 0 Å². The maximum absolute atomic E-state index is 13.7. The Bertz CT molecular complexity index is 666. The van der Waals surface area contributed by atoms with Gasteiger partial charge in [0, 0.05) is 13.1 Å². The molecule has 0 spiro atoms. The fourth-order valence-electron chi connectivity index (χ4n) is 1.84. The average Bonchev–Trinajstić information content (AvgIpc) is 2.79. The number of hydrogen-bond donors (Lipinski definition) is 2. The van der Waals surface area contributed by atoms with Crippen LogP contribution in [0.5, 0.6) is 5.75 Å². The minimum atomic E-state index is -4.35. The van der Waals surface area contributed by atoms with Crippen molar-refractivity contribution in [2.24, 2.45) is 5.14 Å². The van der Waals surface area contributed by atoms with Crippen LogP contribution in [0.25, 0.3) is 0 Å². The molecule has 0 unspecified atom stereocenters. The van der Waals surface area contributed by atoms with Crippen molar-refractivity contribution < 1.29 is 26.7 Å². The van der Waals surface area contributed by atoms with Gasteiger partial charge in [-0.1, -0.05) is 0 Å². The first kappa shape index (κ1) is 15.4. The van der Waals surface area contributed by atoms with Crippen LogP contribution in [0.15, 0.2) is 17.0 Å². The first-order chi connectivity index (χ1) is 9.80. The van der Waals surface area contributed by atoms with Crippen LogP contribution >= 0.6 is 0 Å². The highest BCUT2D eigenvalue weighted by Crippen LogP contribution is 2.24. The van der Waals surface area contributed by atoms with Gasteiger partial charge in [0.1, 0.15) is 11.5 Å². The summed E-state index contributed by atoms with van der Waals surface area (Å²) in [6.07, 6.45) is 0. The summed E-state index contributed by atoms with van der Waals surface area (Å²) in [6.45, 7) is 1.16. The molecule has 3 N–H and O–H groups in total. The van der Waals surface area contributed by atoms with Crippen LogP contribution in [0, 0.1) is 11.6 Å². The van der Waals surface area contributed by atoms with Gasteiger partial charge in [-0.05, 0) is 12.1 Å². The van der Waals surface area contributed by atoms with E-state index in [1.165, 1.54) is 4.90 Å². The van der Waals surface area contributed by atoms with Crippen molar-refractivity contribution in [2.45, 2.75) is 4.90 Å². The zero-order valence-corrected chi connectivity index (χ0v) is 11.6. The minimum Gasteiger partial charge on any atom is -0.489 e. The van der Waals surface area contributed by atoms with Gasteiger partial charge < -0.3 is 15.0 Å². The Hall–Kier alpha value is -1.94. The highest BCUT2D eigenvalue weighted by Gasteiger charge is 2.22. The third kappa shape index (κ3) is 3.39. The molecule has 10 heteroatoms. The predicted octanol–water partition coefficient (Wildman–Crippen LogP) is 0.0162. The number of amides is 2. The molecule has 0 saturated carbocycles. The highest BCUT2D eigenvalue weighted by molar-refractivity contribution is 7.89. The third-order valence-corrected chi connectivity index (χ3v) is 3.81. The topological polar surface area (TPSA) is 102 Å². The number of benzene rings is 1. The fraction of sp³-hybridized carbons (Fsp3) is 0.364. The lowest BCUT2D eigenvalue weighted by molar-refractivity contribution is 0.200. The lowest BCUT2D eigenvalue weighted by atomic mass is 10.3. The number of rotatable bonds is 5. The van der Waals surface area contributed by atoms with E-state index in [0.717, 1.165) is 12.1 Å². The summed E-state index contributed by atoms with van der Waals surface area (Å²) in [6, 6.07) is 1.54. The second-order valence-corrected chi connectivity index (χ2v) is 5.83. The molecule has 2 amide bonds. The summed E-state index contributed by atoms with van der Waals surface area (Å²) in [5.74, 6) is -3.47. The molecule has 2 rings (SSSR count). The molecule has 1 aliphatic rings. The normalized spacial score (nSPS) is 15.2. The Labute approximate surface area is 119 Å². The number of ether oxygens (including phenoxy) is 1. The van der Waals surface area contributed by atoms with E-state index in [2.05, 4.69) is 5.32 Å². The van der Waals surface area contributed by atoms with Gasteiger partial charge in [0.15, 0.2) is 11.6 Å². The maximum atomic E-state index is 13.7. The number of sulfonamides is 1. The summed E-state index contributed by atoms with van der Waals surface area (Å²) >= 11 is 0. The van der Waals surface area contributed by atoms with E-state index in [4.69, 9.17) is 9.88 Å². The minimum absolute atomic E-state index is 0.0570. The van der Waals surface area contributed by atoms with Crippen molar-refractivity contribution in [3.63, 3.8) is 0 Å². The Morgan fingerprint density at radius 3 is 2.62 bits per heavy atom. The standard InChI is InChI=1S/C11H13F2N3O4S/c12-9-7(1-2-8(10(9)13)21(14,18)19)20-6-5-16-4-3-15-11(16)17/h1-2H,3-6H2,(H,15,17)(H2,14,18,19). The second kappa shape index (κ2) is 5.82. The van der Waals surface area contributed by atoms with Crippen molar-refractivity contribution in [2.75, 3.05) is 26.2 Å². The lowest BCUT2D eigenvalue weighted by Crippen LogP contribution is -2.32. The molecule has 0 bridgehead atoms. The third-order valence-electron chi connectivity index (χ3n) is 2.88. The van der Waals surface area contributed by atoms with Crippen LogP contribution in [0.1, 0.15) is 0 Å². The van der Waals surface area contributed by atoms with Crippen molar-refractivity contribution in [3.8, 4) is 5.75 Å². The predicted molar refractivity (Wildman–Crippen MR) is 68.2 cm³/mol. The highest BCUT2D eigenvalue weighted by atomic mass is 32.2. The summed E-state index contributed by atoms with van der Waals surface area (Å²) in [5.41, 5.74) is 0. The number of hydrogen-bond acceptors (Lipinski definition) is 4. The van der Waals surface area contributed by atoms with Crippen molar-refractivity contribution in [1.82, 2.24) is 10.2 Å². The fourth-order valence-corrected chi connectivity index (χ4v) is 2.43. The molecule has 1 fully saturated rings. The number of primary sulfonamides is 1. The zero-order chi connectivity index (χ0) is 15.6. The van der Waals surface area contributed by atoms with E-state index >= 15 is 0 Å². The Morgan fingerprint density at radius 2 is 2.05 bits per heavy atom. The average molecular weight is 321 g/mol. The quantitative estimate of drug-likeness (QED) is 0.798. The molecule has 0 aromatic heterocycles. The number of carbonyl (C=O) groups excluding carboxylic acids is 1. The summed E-state index contributed by atoms with van der Waals surface area (Å²) in [5, 5.41) is 7.33. The molecule has 1 aliphatic heterocycles. The number of nitrogens with zero attached hydrogens (tertiary/aromatic N) is 1. The summed E-state index contributed by atoms with van der Waals surface area (Å²) in [7, 11) is -4.35. The molecule has 116 valence electrons. The van der Waals surface area contributed by atoms with Crippen LogP contribution in [0.3, 0.4) is 0 Å². The van der Waals surface area contributed by atoms with E-state index in [1.807, 2.05) is 0 Å². The molecule has 0 radical (unpaired) electrons. The largest absolute Gasteiger partial charge is 0.489 e. The molecule has 21 heavy (non-hydrogen) atoms. The molecule has 0 aliphatic carbocycles. The second-order valence-electron chi connectivity index (χ2n) is 4.30. The molecular formula is C11H13F2N3O4S. The Balaban J connectivity index is 2.04. The lowest BCUT2D eigenvalue weighted by Gasteiger charge is -2.15. The van der Waals surface area contributed by atoms with Gasteiger partial charge in [-0.25, -0.2) is 22.7 Å². The van der Waals surface area contributed by atoms with E-state index in [-0.39, 0.29) is 19.2 Å². The summed E-state index contributed by atoms with van der Waals surface area (Å²) < 4.78 is 54.3. The molecule has 0 atom stereocenters. The first-order valence-corrected chi connectivity index (χ1v) is 7.51.